The molecule has 0 saturated carbocycles. The highest BCUT2D eigenvalue weighted by Crippen LogP contribution is 2.13. The molecule has 0 rings (SSSR count). The third-order valence-corrected chi connectivity index (χ3v) is 2.11. The Morgan fingerprint density at radius 3 is 2.00 bits per heavy atom. The number of nitrogens with two attached hydrogens (primary N) is 1. The van der Waals surface area contributed by atoms with Crippen molar-refractivity contribution in [2.45, 2.75) is 39.2 Å². The second kappa shape index (κ2) is 7.48. The fourth-order valence-electron chi connectivity index (χ4n) is 0.863. The van der Waals surface area contributed by atoms with Crippen molar-refractivity contribution in [1.29, 1.82) is 0 Å². The lowest BCUT2D eigenvalue weighted by atomic mass is 9.95. The van der Waals surface area contributed by atoms with Gasteiger partial charge in [0.1, 0.15) is 5.54 Å². The lowest BCUT2D eigenvalue weighted by Crippen LogP contribution is -2.48. The van der Waals surface area contributed by atoms with E-state index in [0.717, 1.165) is 0 Å². The topological polar surface area (TPSA) is 78.6 Å². The first-order valence-corrected chi connectivity index (χ1v) is 4.68. The maximum atomic E-state index is 11.4. The van der Waals surface area contributed by atoms with Gasteiger partial charge in [-0.1, -0.05) is 13.8 Å². The number of halogens is 1. The quantitative estimate of drug-likeness (QED) is 0.596. The zero-order chi connectivity index (χ0) is 11.2. The summed E-state index contributed by atoms with van der Waals surface area (Å²) in [7, 11) is 0. The number of carbonyl (C=O) groups excluding carboxylic acids is 2. The Labute approximate surface area is 95.7 Å². The summed E-state index contributed by atoms with van der Waals surface area (Å²) in [6.45, 7) is 5.31. The first-order chi connectivity index (χ1) is 6.50. The molecular weight excluding hydrogens is 222 g/mol. The minimum Gasteiger partial charge on any atom is -0.434 e. The van der Waals surface area contributed by atoms with Crippen LogP contribution in [0, 0.1) is 0 Å². The van der Waals surface area contributed by atoms with Crippen LogP contribution >= 0.6 is 12.4 Å². The Bertz CT molecular complexity index is 216. The molecule has 0 heterocycles. The molecule has 0 unspecified atom stereocenters. The van der Waals surface area contributed by atoms with E-state index in [1.54, 1.807) is 20.8 Å². The van der Waals surface area contributed by atoms with Gasteiger partial charge in [-0.3, -0.25) is 0 Å². The molecule has 0 aliphatic heterocycles. The summed E-state index contributed by atoms with van der Waals surface area (Å²) < 4.78 is 8.87. The van der Waals surface area contributed by atoms with E-state index in [-0.39, 0.29) is 19.0 Å². The van der Waals surface area contributed by atoms with E-state index in [1.165, 1.54) is 0 Å². The van der Waals surface area contributed by atoms with Crippen LogP contribution in [0.25, 0.3) is 0 Å². The van der Waals surface area contributed by atoms with Gasteiger partial charge in [-0.2, -0.15) is 0 Å². The third-order valence-electron chi connectivity index (χ3n) is 2.11. The Hall–Kier alpha value is -0.810. The van der Waals surface area contributed by atoms with E-state index < -0.39 is 17.7 Å². The summed E-state index contributed by atoms with van der Waals surface area (Å²) in [5, 5.41) is 0. The van der Waals surface area contributed by atoms with Crippen molar-refractivity contribution in [3.05, 3.63) is 0 Å². The van der Waals surface area contributed by atoms with E-state index in [9.17, 15) is 9.59 Å². The molecule has 0 atom stereocenters. The molecule has 2 N–H and O–H groups in total. The summed E-state index contributed by atoms with van der Waals surface area (Å²) >= 11 is 0. The van der Waals surface area contributed by atoms with Crippen LogP contribution in [0.4, 0.5) is 4.79 Å². The van der Waals surface area contributed by atoms with Crippen LogP contribution in [0.15, 0.2) is 0 Å². The third kappa shape index (κ3) is 4.99. The molecule has 0 amide bonds. The van der Waals surface area contributed by atoms with E-state index in [4.69, 9.17) is 5.73 Å². The van der Waals surface area contributed by atoms with Gasteiger partial charge in [0.05, 0.1) is 6.61 Å². The maximum absolute atomic E-state index is 11.4. The Balaban J connectivity index is 0. The average molecular weight is 240 g/mol. The zero-order valence-corrected chi connectivity index (χ0v) is 10.1. The molecule has 0 fully saturated rings. The minimum absolute atomic E-state index is 0. The molecule has 0 aromatic carbocycles. The molecule has 6 heteroatoms. The number of hydrogen-bond donors (Lipinski definition) is 1. The Morgan fingerprint density at radius 2 is 1.67 bits per heavy atom. The lowest BCUT2D eigenvalue weighted by molar-refractivity contribution is -0.146. The standard InChI is InChI=1S/C9H17NO4.ClH/c1-4-9(10,5-2)7(11)14-8(12)13-6-3;/h4-6,10H2,1-3H3;1H. The molecule has 0 saturated heterocycles. The molecule has 0 aromatic rings. The molecule has 0 aliphatic carbocycles. The largest absolute Gasteiger partial charge is 0.516 e. The average Bonchev–Trinajstić information content (AvgIpc) is 2.16. The molecule has 0 bridgehead atoms. The fraction of sp³-hybridized carbons (Fsp3) is 0.778. The smallest absolute Gasteiger partial charge is 0.434 e. The van der Waals surface area contributed by atoms with Gasteiger partial charge in [0.15, 0.2) is 0 Å². The summed E-state index contributed by atoms with van der Waals surface area (Å²) in [6.07, 6.45) is -0.155. The van der Waals surface area contributed by atoms with Crippen molar-refractivity contribution in [2.75, 3.05) is 6.61 Å². The predicted octanol–water partition coefficient (Wildman–Crippen LogP) is 1.63. The van der Waals surface area contributed by atoms with E-state index >= 15 is 0 Å². The van der Waals surface area contributed by atoms with Crippen LogP contribution < -0.4 is 5.73 Å². The summed E-state index contributed by atoms with van der Waals surface area (Å²) in [4.78, 5) is 22.2. The number of carbonyl (C=O) groups is 2. The monoisotopic (exact) mass is 239 g/mol. The van der Waals surface area contributed by atoms with Crippen LogP contribution in [0.5, 0.6) is 0 Å². The second-order valence-corrected chi connectivity index (χ2v) is 2.94. The summed E-state index contributed by atoms with van der Waals surface area (Å²) in [5.74, 6) is -0.735. The minimum atomic E-state index is -1.09. The Kier molecular flexibility index (Phi) is 8.28. The molecule has 0 spiro atoms. The molecule has 5 nitrogen and oxygen atoms in total. The van der Waals surface area contributed by atoms with Gasteiger partial charge in [-0.25, -0.2) is 9.59 Å². The van der Waals surface area contributed by atoms with Crippen molar-refractivity contribution in [3.8, 4) is 0 Å². The number of ether oxygens (including phenoxy) is 2. The van der Waals surface area contributed by atoms with Crippen molar-refractivity contribution in [1.82, 2.24) is 0 Å². The number of rotatable bonds is 4. The van der Waals surface area contributed by atoms with E-state index in [0.29, 0.717) is 12.8 Å². The highest BCUT2D eigenvalue weighted by Gasteiger charge is 2.33. The number of esters is 1. The first kappa shape index (κ1) is 16.6. The van der Waals surface area contributed by atoms with Gasteiger partial charge in [0.25, 0.3) is 0 Å². The highest BCUT2D eigenvalue weighted by atomic mass is 35.5. The van der Waals surface area contributed by atoms with Gasteiger partial charge in [0, 0.05) is 0 Å². The van der Waals surface area contributed by atoms with E-state index in [1.807, 2.05) is 0 Å². The van der Waals surface area contributed by atoms with Crippen molar-refractivity contribution in [2.24, 2.45) is 5.73 Å². The van der Waals surface area contributed by atoms with Gasteiger partial charge < -0.3 is 15.2 Å². The predicted molar refractivity (Wildman–Crippen MR) is 57.9 cm³/mol. The highest BCUT2D eigenvalue weighted by molar-refractivity contribution is 5.88. The zero-order valence-electron chi connectivity index (χ0n) is 9.24. The Morgan fingerprint density at radius 1 is 1.20 bits per heavy atom. The van der Waals surface area contributed by atoms with Gasteiger partial charge in [-0.15, -0.1) is 12.4 Å². The second-order valence-electron chi connectivity index (χ2n) is 2.94. The lowest BCUT2D eigenvalue weighted by Gasteiger charge is -2.22. The summed E-state index contributed by atoms with van der Waals surface area (Å²) in [5.41, 5.74) is 4.61. The van der Waals surface area contributed by atoms with Crippen LogP contribution in [0.2, 0.25) is 0 Å². The van der Waals surface area contributed by atoms with Crippen LogP contribution in [-0.2, 0) is 14.3 Å². The van der Waals surface area contributed by atoms with Crippen molar-refractivity contribution >= 4 is 24.5 Å². The van der Waals surface area contributed by atoms with Crippen LogP contribution in [0.3, 0.4) is 0 Å². The molecular formula is C9H18ClNO4. The van der Waals surface area contributed by atoms with Crippen LogP contribution in [-0.4, -0.2) is 24.3 Å². The molecule has 0 radical (unpaired) electrons. The molecule has 0 aromatic heterocycles. The number of hydrogen-bond acceptors (Lipinski definition) is 5. The molecule has 15 heavy (non-hydrogen) atoms. The van der Waals surface area contributed by atoms with Crippen LogP contribution in [0.1, 0.15) is 33.6 Å². The van der Waals surface area contributed by atoms with Crippen molar-refractivity contribution < 1.29 is 19.1 Å². The molecule has 90 valence electrons. The normalized spacial score (nSPS) is 10.1. The van der Waals surface area contributed by atoms with E-state index in [2.05, 4.69) is 9.47 Å². The fourth-order valence-corrected chi connectivity index (χ4v) is 0.863. The first-order valence-electron chi connectivity index (χ1n) is 4.68. The summed E-state index contributed by atoms with van der Waals surface area (Å²) in [6, 6.07) is 0. The van der Waals surface area contributed by atoms with Gasteiger partial charge in [-0.05, 0) is 19.8 Å². The van der Waals surface area contributed by atoms with Gasteiger partial charge in [0.2, 0.25) is 0 Å². The SMILES string of the molecule is CCOC(=O)OC(=O)C(N)(CC)CC.Cl. The maximum Gasteiger partial charge on any atom is 0.516 e. The van der Waals surface area contributed by atoms with Gasteiger partial charge >= 0.3 is 12.1 Å². The van der Waals surface area contributed by atoms with Crippen molar-refractivity contribution in [3.63, 3.8) is 0 Å². The molecule has 0 aliphatic rings.